The summed E-state index contributed by atoms with van der Waals surface area (Å²) >= 11 is 0. The molecule has 0 saturated carbocycles. The van der Waals surface area contributed by atoms with E-state index < -0.39 is 10.9 Å². The van der Waals surface area contributed by atoms with Gasteiger partial charge in [0.15, 0.2) is 0 Å². The fraction of sp³-hybridized carbons (Fsp3) is 0.211. The minimum atomic E-state index is -0.517. The van der Waals surface area contributed by atoms with Crippen LogP contribution in [0.3, 0.4) is 0 Å². The van der Waals surface area contributed by atoms with Crippen molar-refractivity contribution in [3.8, 4) is 11.5 Å². The summed E-state index contributed by atoms with van der Waals surface area (Å²) < 4.78 is 21.0. The third-order valence-corrected chi connectivity index (χ3v) is 4.06. The smallest absolute Gasteiger partial charge is 0.310 e. The molecule has 0 N–H and O–H groups in total. The molecule has 0 spiro atoms. The lowest BCUT2D eigenvalue weighted by Gasteiger charge is -2.09. The highest BCUT2D eigenvalue weighted by atomic mass is 16.6. The van der Waals surface area contributed by atoms with Crippen molar-refractivity contribution in [2.24, 2.45) is 0 Å². The van der Waals surface area contributed by atoms with E-state index in [1.807, 2.05) is 6.07 Å². The molecule has 27 heavy (non-hydrogen) atoms. The monoisotopic (exact) mass is 371 g/mol. The van der Waals surface area contributed by atoms with Gasteiger partial charge in [0.1, 0.15) is 23.7 Å². The quantitative estimate of drug-likeness (QED) is 0.355. The molecule has 140 valence electrons. The maximum Gasteiger partial charge on any atom is 0.310 e. The van der Waals surface area contributed by atoms with Gasteiger partial charge in [0.05, 0.1) is 31.8 Å². The van der Waals surface area contributed by atoms with E-state index in [2.05, 4.69) is 0 Å². The van der Waals surface area contributed by atoms with Crippen molar-refractivity contribution in [2.45, 2.75) is 13.0 Å². The van der Waals surface area contributed by atoms with Crippen LogP contribution >= 0.6 is 0 Å². The summed E-state index contributed by atoms with van der Waals surface area (Å²) in [5.41, 5.74) is 1.61. The molecule has 0 atom stereocenters. The maximum atomic E-state index is 12.2. The SMILES string of the molecule is COc1ccc2c(CC(=O)OCc3cc([N+](=O)[O-])ccc3OC)coc2c1. The second-order valence-corrected chi connectivity index (χ2v) is 5.71. The van der Waals surface area contributed by atoms with Crippen molar-refractivity contribution < 1.29 is 28.3 Å². The highest BCUT2D eigenvalue weighted by molar-refractivity contribution is 5.86. The van der Waals surface area contributed by atoms with Crippen molar-refractivity contribution >= 4 is 22.6 Å². The first kappa shape index (κ1) is 18.2. The van der Waals surface area contributed by atoms with E-state index in [1.54, 1.807) is 19.2 Å². The Morgan fingerprint density at radius 2 is 1.93 bits per heavy atom. The Balaban J connectivity index is 1.70. The number of carbonyl (C=O) groups excluding carboxylic acids is 1. The normalized spacial score (nSPS) is 10.6. The summed E-state index contributed by atoms with van der Waals surface area (Å²) in [5, 5.41) is 11.7. The number of benzene rings is 2. The third kappa shape index (κ3) is 4.00. The molecule has 1 heterocycles. The average Bonchev–Trinajstić information content (AvgIpc) is 3.07. The second kappa shape index (κ2) is 7.77. The molecule has 0 unspecified atom stereocenters. The summed E-state index contributed by atoms with van der Waals surface area (Å²) in [4.78, 5) is 22.6. The number of fused-ring (bicyclic) bond motifs is 1. The number of ether oxygens (including phenoxy) is 3. The zero-order valence-corrected chi connectivity index (χ0v) is 14.8. The van der Waals surface area contributed by atoms with E-state index in [4.69, 9.17) is 18.6 Å². The molecular formula is C19H17NO7. The topological polar surface area (TPSA) is 101 Å². The number of carbonyl (C=O) groups is 1. The molecule has 0 fully saturated rings. The van der Waals surface area contributed by atoms with E-state index in [1.165, 1.54) is 31.6 Å². The van der Waals surface area contributed by atoms with E-state index in [0.29, 0.717) is 28.2 Å². The highest BCUT2D eigenvalue weighted by Crippen LogP contribution is 2.27. The van der Waals surface area contributed by atoms with Gasteiger partial charge in [-0.05, 0) is 18.2 Å². The highest BCUT2D eigenvalue weighted by Gasteiger charge is 2.15. The number of non-ortho nitro benzene ring substituents is 1. The van der Waals surface area contributed by atoms with Crippen molar-refractivity contribution in [2.75, 3.05) is 14.2 Å². The fourth-order valence-electron chi connectivity index (χ4n) is 2.68. The van der Waals surface area contributed by atoms with Gasteiger partial charge in [-0.1, -0.05) is 0 Å². The Morgan fingerprint density at radius 1 is 1.11 bits per heavy atom. The fourth-order valence-corrected chi connectivity index (χ4v) is 2.68. The van der Waals surface area contributed by atoms with Crippen LogP contribution in [0.1, 0.15) is 11.1 Å². The van der Waals surface area contributed by atoms with Crippen molar-refractivity contribution in [3.63, 3.8) is 0 Å². The molecule has 0 radical (unpaired) electrons. The lowest BCUT2D eigenvalue weighted by molar-refractivity contribution is -0.385. The number of methoxy groups -OCH3 is 2. The van der Waals surface area contributed by atoms with Gasteiger partial charge in [0.25, 0.3) is 5.69 Å². The van der Waals surface area contributed by atoms with Crippen LogP contribution in [0.4, 0.5) is 5.69 Å². The van der Waals surface area contributed by atoms with Crippen LogP contribution in [0, 0.1) is 10.1 Å². The lowest BCUT2D eigenvalue weighted by atomic mass is 10.1. The van der Waals surface area contributed by atoms with Crippen LogP contribution in [0.25, 0.3) is 11.0 Å². The number of nitrogens with zero attached hydrogens (tertiary/aromatic N) is 1. The van der Waals surface area contributed by atoms with Crippen LogP contribution in [-0.4, -0.2) is 25.1 Å². The van der Waals surface area contributed by atoms with Gasteiger partial charge < -0.3 is 18.6 Å². The van der Waals surface area contributed by atoms with Crippen molar-refractivity contribution in [3.05, 3.63) is 63.9 Å². The predicted octanol–water partition coefficient (Wildman–Crippen LogP) is 3.64. The van der Waals surface area contributed by atoms with Gasteiger partial charge >= 0.3 is 5.97 Å². The molecule has 0 amide bonds. The van der Waals surface area contributed by atoms with Gasteiger partial charge in [0, 0.05) is 34.7 Å². The van der Waals surface area contributed by atoms with Crippen LogP contribution in [0.15, 0.2) is 47.1 Å². The molecular weight excluding hydrogens is 354 g/mol. The first-order valence-corrected chi connectivity index (χ1v) is 8.03. The molecule has 0 aliphatic heterocycles. The molecule has 8 heteroatoms. The van der Waals surface area contributed by atoms with E-state index in [-0.39, 0.29) is 18.7 Å². The largest absolute Gasteiger partial charge is 0.497 e. The van der Waals surface area contributed by atoms with Crippen LogP contribution in [-0.2, 0) is 22.6 Å². The van der Waals surface area contributed by atoms with Crippen LogP contribution < -0.4 is 9.47 Å². The molecule has 0 aliphatic carbocycles. The Bertz CT molecular complexity index is 993. The van der Waals surface area contributed by atoms with E-state index >= 15 is 0 Å². The van der Waals surface area contributed by atoms with Gasteiger partial charge in [-0.15, -0.1) is 0 Å². The minimum Gasteiger partial charge on any atom is -0.497 e. The number of rotatable bonds is 7. The number of nitro benzene ring substituents is 1. The van der Waals surface area contributed by atoms with Gasteiger partial charge in [-0.3, -0.25) is 14.9 Å². The maximum absolute atomic E-state index is 12.2. The van der Waals surface area contributed by atoms with Gasteiger partial charge in [0.2, 0.25) is 0 Å². The zero-order chi connectivity index (χ0) is 19.4. The van der Waals surface area contributed by atoms with Gasteiger partial charge in [-0.25, -0.2) is 0 Å². The Kier molecular flexibility index (Phi) is 5.25. The molecule has 3 aromatic rings. The van der Waals surface area contributed by atoms with E-state index in [0.717, 1.165) is 5.39 Å². The molecule has 1 aromatic heterocycles. The molecule has 0 saturated heterocycles. The number of nitro groups is 1. The van der Waals surface area contributed by atoms with Crippen LogP contribution in [0.5, 0.6) is 11.5 Å². The summed E-state index contributed by atoms with van der Waals surface area (Å²) in [7, 11) is 3.00. The molecule has 3 rings (SSSR count). The average molecular weight is 371 g/mol. The second-order valence-electron chi connectivity index (χ2n) is 5.71. The van der Waals surface area contributed by atoms with Crippen LogP contribution in [0.2, 0.25) is 0 Å². The predicted molar refractivity (Wildman–Crippen MR) is 95.9 cm³/mol. The van der Waals surface area contributed by atoms with Crippen molar-refractivity contribution in [1.82, 2.24) is 0 Å². The summed E-state index contributed by atoms with van der Waals surface area (Å²) in [6.45, 7) is -0.132. The number of furan rings is 1. The summed E-state index contributed by atoms with van der Waals surface area (Å²) in [6, 6.07) is 9.45. The third-order valence-electron chi connectivity index (χ3n) is 4.06. The minimum absolute atomic E-state index is 0.0105. The lowest BCUT2D eigenvalue weighted by Crippen LogP contribution is -2.08. The first-order valence-electron chi connectivity index (χ1n) is 8.03. The Labute approximate surface area is 154 Å². The van der Waals surface area contributed by atoms with E-state index in [9.17, 15) is 14.9 Å². The number of esters is 1. The summed E-state index contributed by atoms with van der Waals surface area (Å²) in [6.07, 6.45) is 1.51. The number of hydrogen-bond acceptors (Lipinski definition) is 7. The first-order chi connectivity index (χ1) is 13.0. The zero-order valence-electron chi connectivity index (χ0n) is 14.8. The Morgan fingerprint density at radius 3 is 2.63 bits per heavy atom. The summed E-state index contributed by atoms with van der Waals surface area (Å²) in [5.74, 6) is 0.583. The molecule has 2 aromatic carbocycles. The standard InChI is InChI=1S/C19H17NO7/c1-24-15-4-5-16-12(10-26-18(16)9-15)8-19(21)27-11-13-7-14(20(22)23)3-6-17(13)25-2/h3-7,9-10H,8,11H2,1-2H3. The Hall–Kier alpha value is -3.55. The van der Waals surface area contributed by atoms with Gasteiger partial charge in [-0.2, -0.15) is 0 Å². The van der Waals surface area contributed by atoms with Crippen molar-refractivity contribution in [1.29, 1.82) is 0 Å². The molecule has 0 aliphatic rings. The molecule has 0 bridgehead atoms. The number of hydrogen-bond donors (Lipinski definition) is 0. The molecule has 8 nitrogen and oxygen atoms in total.